The van der Waals surface area contributed by atoms with Gasteiger partial charge in [-0.05, 0) is 31.4 Å². The van der Waals surface area contributed by atoms with E-state index in [1.54, 1.807) is 32.0 Å². The average Bonchev–Trinajstić information content (AvgIpc) is 2.95. The van der Waals surface area contributed by atoms with Gasteiger partial charge in [0.05, 0.1) is 11.5 Å². The number of ether oxygens (including phenoxy) is 1. The minimum absolute atomic E-state index is 0.0398. The van der Waals surface area contributed by atoms with Gasteiger partial charge in [-0.1, -0.05) is 31.5 Å². The Morgan fingerprint density at radius 3 is 2.54 bits per heavy atom. The van der Waals surface area contributed by atoms with Crippen LogP contribution in [-0.2, 0) is 24.2 Å². The van der Waals surface area contributed by atoms with Gasteiger partial charge in [-0.3, -0.25) is 9.59 Å². The van der Waals surface area contributed by atoms with Crippen LogP contribution in [0.4, 0.5) is 0 Å². The van der Waals surface area contributed by atoms with E-state index in [1.165, 1.54) is 0 Å². The van der Waals surface area contributed by atoms with Crippen LogP contribution in [0, 0.1) is 12.8 Å². The molecular formula is C19H26N2O6S. The Labute approximate surface area is 164 Å². The van der Waals surface area contributed by atoms with Crippen molar-refractivity contribution in [3.05, 3.63) is 35.4 Å². The Morgan fingerprint density at radius 2 is 1.96 bits per heavy atom. The number of aryl methyl sites for hydroxylation is 1. The lowest BCUT2D eigenvalue weighted by molar-refractivity contribution is -0.151. The summed E-state index contributed by atoms with van der Waals surface area (Å²) in [6, 6.07) is 5.60. The highest BCUT2D eigenvalue weighted by Crippen LogP contribution is 2.11. The van der Waals surface area contributed by atoms with E-state index in [1.807, 2.05) is 13.0 Å². The van der Waals surface area contributed by atoms with Gasteiger partial charge in [-0.25, -0.2) is 13.2 Å². The molecule has 1 aromatic rings. The first kappa shape index (κ1) is 21.9. The number of rotatable bonds is 7. The Bertz CT molecular complexity index is 850. The van der Waals surface area contributed by atoms with Crippen molar-refractivity contribution in [3.63, 3.8) is 0 Å². The van der Waals surface area contributed by atoms with Crippen molar-refractivity contribution >= 4 is 27.6 Å². The molecule has 28 heavy (non-hydrogen) atoms. The molecule has 1 heterocycles. The molecule has 1 aromatic carbocycles. The largest absolute Gasteiger partial charge is 0.454 e. The Balaban J connectivity index is 1.88. The summed E-state index contributed by atoms with van der Waals surface area (Å²) >= 11 is 0. The van der Waals surface area contributed by atoms with Gasteiger partial charge in [0.1, 0.15) is 6.04 Å². The van der Waals surface area contributed by atoms with E-state index in [9.17, 15) is 22.8 Å². The van der Waals surface area contributed by atoms with E-state index in [2.05, 4.69) is 10.6 Å². The molecule has 1 saturated heterocycles. The molecule has 0 aromatic heterocycles. The molecule has 0 saturated carbocycles. The Kier molecular flexibility index (Phi) is 7.17. The zero-order valence-corrected chi connectivity index (χ0v) is 17.0. The molecule has 0 spiro atoms. The van der Waals surface area contributed by atoms with E-state index in [4.69, 9.17) is 4.74 Å². The number of hydrogen-bond acceptors (Lipinski definition) is 6. The van der Waals surface area contributed by atoms with Crippen LogP contribution in [0.2, 0.25) is 0 Å². The first-order valence-electron chi connectivity index (χ1n) is 9.11. The molecule has 1 aliphatic heterocycles. The fourth-order valence-electron chi connectivity index (χ4n) is 2.91. The lowest BCUT2D eigenvalue weighted by Crippen LogP contribution is -2.46. The fourth-order valence-corrected chi connectivity index (χ4v) is 4.59. The lowest BCUT2D eigenvalue weighted by Gasteiger charge is -2.21. The molecule has 2 rings (SSSR count). The summed E-state index contributed by atoms with van der Waals surface area (Å²) < 4.78 is 27.9. The number of sulfone groups is 1. The third-order valence-electron chi connectivity index (χ3n) is 4.43. The number of carbonyl (C=O) groups excluding carboxylic acids is 3. The molecule has 1 fully saturated rings. The number of esters is 1. The molecule has 9 heteroatoms. The molecule has 2 atom stereocenters. The SMILES string of the molecule is Cc1cccc(C(=O)N[C@H](C(=O)OCC(=O)N[C@@H]2CCS(=O)(=O)C2)C(C)C)c1. The van der Waals surface area contributed by atoms with E-state index in [0.29, 0.717) is 12.0 Å². The lowest BCUT2D eigenvalue weighted by atomic mass is 10.0. The van der Waals surface area contributed by atoms with E-state index in [0.717, 1.165) is 5.56 Å². The monoisotopic (exact) mass is 410 g/mol. The van der Waals surface area contributed by atoms with Crippen LogP contribution >= 0.6 is 0 Å². The summed E-state index contributed by atoms with van der Waals surface area (Å²) in [6.07, 6.45) is 0.350. The summed E-state index contributed by atoms with van der Waals surface area (Å²) in [7, 11) is -3.11. The molecule has 2 amide bonds. The highest BCUT2D eigenvalue weighted by Gasteiger charge is 2.30. The molecule has 154 valence electrons. The van der Waals surface area contributed by atoms with Crippen LogP contribution in [0.5, 0.6) is 0 Å². The third-order valence-corrected chi connectivity index (χ3v) is 6.20. The predicted molar refractivity (Wildman–Crippen MR) is 103 cm³/mol. The van der Waals surface area contributed by atoms with Crippen molar-refractivity contribution in [2.24, 2.45) is 5.92 Å². The Morgan fingerprint density at radius 1 is 1.25 bits per heavy atom. The van der Waals surface area contributed by atoms with Gasteiger partial charge in [0.15, 0.2) is 16.4 Å². The van der Waals surface area contributed by atoms with Gasteiger partial charge in [0, 0.05) is 11.6 Å². The fraction of sp³-hybridized carbons (Fsp3) is 0.526. The van der Waals surface area contributed by atoms with E-state index < -0.39 is 46.3 Å². The third kappa shape index (κ3) is 6.33. The predicted octanol–water partition coefficient (Wildman–Crippen LogP) is 0.596. The molecule has 8 nitrogen and oxygen atoms in total. The van der Waals surface area contributed by atoms with Gasteiger partial charge >= 0.3 is 5.97 Å². The Hall–Kier alpha value is -2.42. The highest BCUT2D eigenvalue weighted by atomic mass is 32.2. The number of hydrogen-bond donors (Lipinski definition) is 2. The van der Waals surface area contributed by atoms with Crippen molar-refractivity contribution in [1.29, 1.82) is 0 Å². The second-order valence-corrected chi connectivity index (χ2v) is 9.57. The highest BCUT2D eigenvalue weighted by molar-refractivity contribution is 7.91. The summed E-state index contributed by atoms with van der Waals surface area (Å²) in [6.45, 7) is 4.84. The minimum atomic E-state index is -3.11. The zero-order chi connectivity index (χ0) is 20.9. The molecule has 0 radical (unpaired) electrons. The van der Waals surface area contributed by atoms with Crippen LogP contribution in [0.15, 0.2) is 24.3 Å². The second kappa shape index (κ2) is 9.18. The second-order valence-electron chi connectivity index (χ2n) is 7.34. The summed E-state index contributed by atoms with van der Waals surface area (Å²) in [5.41, 5.74) is 1.35. The maximum Gasteiger partial charge on any atom is 0.329 e. The van der Waals surface area contributed by atoms with Gasteiger partial charge in [0.2, 0.25) is 0 Å². The molecule has 0 unspecified atom stereocenters. The van der Waals surface area contributed by atoms with Crippen molar-refractivity contribution in [2.45, 2.75) is 39.3 Å². The smallest absolute Gasteiger partial charge is 0.329 e. The topological polar surface area (TPSA) is 119 Å². The summed E-state index contributed by atoms with van der Waals surface area (Å²) in [5, 5.41) is 5.19. The number of benzene rings is 1. The van der Waals surface area contributed by atoms with Crippen molar-refractivity contribution in [1.82, 2.24) is 10.6 Å². The van der Waals surface area contributed by atoms with Crippen molar-refractivity contribution in [2.75, 3.05) is 18.1 Å². The maximum atomic E-state index is 12.4. The van der Waals surface area contributed by atoms with Crippen LogP contribution in [-0.4, -0.2) is 56.4 Å². The van der Waals surface area contributed by atoms with Crippen LogP contribution in [0.25, 0.3) is 0 Å². The summed E-state index contributed by atoms with van der Waals surface area (Å²) in [5.74, 6) is -2.00. The standard InChI is InChI=1S/C19H26N2O6S/c1-12(2)17(21-18(23)14-6-4-5-13(3)9-14)19(24)27-10-16(22)20-15-7-8-28(25,26)11-15/h4-6,9,12,15,17H,7-8,10-11H2,1-3H3,(H,20,22)(H,21,23)/t15-,17+/m1/s1. The van der Waals surface area contributed by atoms with Crippen LogP contribution in [0.3, 0.4) is 0 Å². The quantitative estimate of drug-likeness (QED) is 0.636. The summed E-state index contributed by atoms with van der Waals surface area (Å²) in [4.78, 5) is 36.7. The number of nitrogens with one attached hydrogen (secondary N) is 2. The zero-order valence-electron chi connectivity index (χ0n) is 16.2. The van der Waals surface area contributed by atoms with Gasteiger partial charge < -0.3 is 15.4 Å². The first-order chi connectivity index (χ1) is 13.1. The first-order valence-corrected chi connectivity index (χ1v) is 10.9. The van der Waals surface area contributed by atoms with Crippen LogP contribution < -0.4 is 10.6 Å². The van der Waals surface area contributed by atoms with Gasteiger partial charge in [-0.15, -0.1) is 0 Å². The van der Waals surface area contributed by atoms with E-state index in [-0.39, 0.29) is 17.4 Å². The molecular weight excluding hydrogens is 384 g/mol. The molecule has 2 N–H and O–H groups in total. The normalized spacial score (nSPS) is 19.1. The molecule has 0 bridgehead atoms. The van der Waals surface area contributed by atoms with Crippen molar-refractivity contribution < 1.29 is 27.5 Å². The van der Waals surface area contributed by atoms with Crippen LogP contribution in [0.1, 0.15) is 36.2 Å². The van der Waals surface area contributed by atoms with Crippen molar-refractivity contribution in [3.8, 4) is 0 Å². The molecule has 1 aliphatic rings. The number of amides is 2. The van der Waals surface area contributed by atoms with Gasteiger partial charge in [0.25, 0.3) is 11.8 Å². The average molecular weight is 410 g/mol. The number of carbonyl (C=O) groups is 3. The minimum Gasteiger partial charge on any atom is -0.454 e. The maximum absolute atomic E-state index is 12.4. The molecule has 0 aliphatic carbocycles. The van der Waals surface area contributed by atoms with E-state index >= 15 is 0 Å². The van der Waals surface area contributed by atoms with Gasteiger partial charge in [-0.2, -0.15) is 0 Å².